The second-order valence-corrected chi connectivity index (χ2v) is 13.0. The van der Waals surface area contributed by atoms with Crippen LogP contribution in [0.15, 0.2) is 0 Å². The van der Waals surface area contributed by atoms with Crippen molar-refractivity contribution in [2.75, 3.05) is 0 Å². The van der Waals surface area contributed by atoms with Crippen LogP contribution in [0.1, 0.15) is 112 Å². The first-order chi connectivity index (χ1) is 15.1. The van der Waals surface area contributed by atoms with E-state index in [-0.39, 0.29) is 23.4 Å². The van der Waals surface area contributed by atoms with Crippen molar-refractivity contribution in [2.45, 2.75) is 118 Å². The number of fused-ring (bicyclic) bond motifs is 5. The van der Waals surface area contributed by atoms with Crippen LogP contribution in [-0.2, 0) is 14.3 Å². The van der Waals surface area contributed by atoms with Gasteiger partial charge in [0.25, 0.3) is 0 Å². The molecule has 4 aliphatic rings. The second-order valence-electron chi connectivity index (χ2n) is 13.0. The van der Waals surface area contributed by atoms with Crippen LogP contribution >= 0.6 is 0 Å². The normalized spacial score (nSPS) is 44.5. The lowest BCUT2D eigenvalue weighted by Crippen LogP contribution is -2.61. The fraction of sp³-hybridized carbons (Fsp3) is 0.931. The van der Waals surface area contributed by atoms with E-state index in [1.165, 1.54) is 51.9 Å². The van der Waals surface area contributed by atoms with Gasteiger partial charge in [-0.05, 0) is 85.9 Å². The third kappa shape index (κ3) is 3.98. The maximum atomic E-state index is 13.5. The molecule has 3 heteroatoms. The van der Waals surface area contributed by atoms with Crippen LogP contribution in [0.25, 0.3) is 0 Å². The quantitative estimate of drug-likeness (QED) is 0.406. The highest BCUT2D eigenvalue weighted by Gasteiger charge is 2.64. The molecule has 32 heavy (non-hydrogen) atoms. The first-order valence-corrected chi connectivity index (χ1v) is 13.8. The molecule has 0 saturated heterocycles. The van der Waals surface area contributed by atoms with E-state index in [0.29, 0.717) is 29.0 Å². The molecular weight excluding hydrogens is 396 g/mol. The highest BCUT2D eigenvalue weighted by atomic mass is 16.5. The lowest BCUT2D eigenvalue weighted by Gasteiger charge is -2.61. The number of hydrogen-bond acceptors (Lipinski definition) is 3. The van der Waals surface area contributed by atoms with Gasteiger partial charge in [0.15, 0.2) is 0 Å². The number of Topliss-reactive ketones (excluding diaryl/α,β-unsaturated/α-hetero) is 1. The summed E-state index contributed by atoms with van der Waals surface area (Å²) in [6.45, 7) is 13.6. The average molecular weight is 445 g/mol. The Morgan fingerprint density at radius 3 is 2.47 bits per heavy atom. The summed E-state index contributed by atoms with van der Waals surface area (Å²) in [5.41, 5.74) is 0.222. The number of ether oxygens (including phenoxy) is 1. The Balaban J connectivity index is 1.56. The molecule has 0 aliphatic heterocycles. The summed E-state index contributed by atoms with van der Waals surface area (Å²) in [5, 5.41) is 0. The molecule has 4 aliphatic carbocycles. The minimum atomic E-state index is -0.178. The Bertz CT molecular complexity index is 713. The van der Waals surface area contributed by atoms with Gasteiger partial charge in [0.2, 0.25) is 0 Å². The molecule has 0 heterocycles. The van der Waals surface area contributed by atoms with Crippen molar-refractivity contribution in [1.29, 1.82) is 0 Å². The van der Waals surface area contributed by atoms with Gasteiger partial charge < -0.3 is 4.74 Å². The van der Waals surface area contributed by atoms with Gasteiger partial charge in [0.05, 0.1) is 0 Å². The zero-order valence-corrected chi connectivity index (χ0v) is 21.6. The number of hydrogen-bond donors (Lipinski definition) is 0. The summed E-state index contributed by atoms with van der Waals surface area (Å²) in [4.78, 5) is 25.4. The fourth-order valence-electron chi connectivity index (χ4n) is 9.49. The van der Waals surface area contributed by atoms with E-state index in [1.807, 2.05) is 0 Å². The van der Waals surface area contributed by atoms with Gasteiger partial charge in [0, 0.05) is 24.7 Å². The van der Waals surface area contributed by atoms with Crippen LogP contribution < -0.4 is 0 Å². The van der Waals surface area contributed by atoms with Crippen molar-refractivity contribution in [1.82, 2.24) is 0 Å². The average Bonchev–Trinajstić information content (AvgIpc) is 3.06. The maximum Gasteiger partial charge on any atom is 0.302 e. The predicted octanol–water partition coefficient (Wildman–Crippen LogP) is 7.22. The predicted molar refractivity (Wildman–Crippen MR) is 129 cm³/mol. The molecule has 4 saturated carbocycles. The Morgan fingerprint density at radius 2 is 1.78 bits per heavy atom. The zero-order chi connectivity index (χ0) is 23.3. The van der Waals surface area contributed by atoms with Gasteiger partial charge in [-0.2, -0.15) is 0 Å². The Kier molecular flexibility index (Phi) is 6.87. The topological polar surface area (TPSA) is 43.4 Å². The Hall–Kier alpha value is -0.860. The number of ketones is 1. The van der Waals surface area contributed by atoms with Crippen molar-refractivity contribution < 1.29 is 14.3 Å². The Labute approximate surface area is 196 Å². The summed E-state index contributed by atoms with van der Waals surface area (Å²) >= 11 is 0. The largest absolute Gasteiger partial charge is 0.462 e. The standard InChI is InChI=1S/C29H48O3/c1-18(2)9-7-10-19(3)22-13-14-23-21-17-26(31)25-11-8-12-27(32-20(4)30)29(25,6)24(21)15-16-28(22,23)5/h18-19,21-25,27H,7-17H2,1-6H3/t19-,21+,22-,23+,24+,25-,27+,28-,29-/m1/s1. The molecule has 182 valence electrons. The van der Waals surface area contributed by atoms with E-state index >= 15 is 0 Å². The van der Waals surface area contributed by atoms with Crippen LogP contribution in [0, 0.1) is 52.3 Å². The van der Waals surface area contributed by atoms with E-state index in [9.17, 15) is 9.59 Å². The summed E-state index contributed by atoms with van der Waals surface area (Å²) in [6, 6.07) is 0. The maximum absolute atomic E-state index is 13.5. The van der Waals surface area contributed by atoms with E-state index in [1.54, 1.807) is 0 Å². The number of rotatable bonds is 6. The lowest BCUT2D eigenvalue weighted by molar-refractivity contribution is -0.192. The molecule has 4 rings (SSSR count). The van der Waals surface area contributed by atoms with Crippen LogP contribution in [0.2, 0.25) is 0 Å². The van der Waals surface area contributed by atoms with Crippen molar-refractivity contribution in [3.8, 4) is 0 Å². The lowest BCUT2D eigenvalue weighted by atomic mass is 9.43. The number of esters is 1. The number of carbonyl (C=O) groups excluding carboxylic acids is 2. The van der Waals surface area contributed by atoms with E-state index in [4.69, 9.17) is 4.74 Å². The third-order valence-electron chi connectivity index (χ3n) is 11.0. The van der Waals surface area contributed by atoms with Gasteiger partial charge in [-0.1, -0.05) is 53.9 Å². The molecule has 0 N–H and O–H groups in total. The summed E-state index contributed by atoms with van der Waals surface area (Å²) in [6.07, 6.45) is 12.8. The molecule has 4 fully saturated rings. The van der Waals surface area contributed by atoms with E-state index in [2.05, 4.69) is 34.6 Å². The van der Waals surface area contributed by atoms with E-state index < -0.39 is 0 Å². The molecule has 0 aromatic carbocycles. The Morgan fingerprint density at radius 1 is 1.03 bits per heavy atom. The van der Waals surface area contributed by atoms with Crippen molar-refractivity contribution in [2.24, 2.45) is 52.3 Å². The van der Waals surface area contributed by atoms with Crippen molar-refractivity contribution in [3.05, 3.63) is 0 Å². The second kappa shape index (κ2) is 9.06. The van der Waals surface area contributed by atoms with Crippen LogP contribution in [0.4, 0.5) is 0 Å². The molecule has 0 amide bonds. The summed E-state index contributed by atoms with van der Waals surface area (Å²) in [7, 11) is 0. The molecule has 0 aromatic rings. The SMILES string of the molecule is CC(=O)O[C@H]1CCC[C@@H]2C(=O)C[C@H]3[C@@H]4CC[C@H]([C@H](C)CCCC(C)C)[C@@]4(C)CC[C@@H]3[C@@]12C. The highest BCUT2D eigenvalue weighted by molar-refractivity contribution is 5.83. The summed E-state index contributed by atoms with van der Waals surface area (Å²) < 4.78 is 5.93. The first kappa shape index (κ1) is 24.3. The molecule has 0 bridgehead atoms. The van der Waals surface area contributed by atoms with E-state index in [0.717, 1.165) is 43.4 Å². The smallest absolute Gasteiger partial charge is 0.302 e. The molecule has 0 radical (unpaired) electrons. The number of carbonyl (C=O) groups is 2. The third-order valence-corrected chi connectivity index (χ3v) is 11.0. The van der Waals surface area contributed by atoms with Gasteiger partial charge in [-0.25, -0.2) is 0 Å². The molecule has 0 spiro atoms. The zero-order valence-electron chi connectivity index (χ0n) is 21.6. The van der Waals surface area contributed by atoms with Crippen LogP contribution in [0.5, 0.6) is 0 Å². The fourth-order valence-corrected chi connectivity index (χ4v) is 9.49. The highest BCUT2D eigenvalue weighted by Crippen LogP contribution is 2.68. The monoisotopic (exact) mass is 444 g/mol. The molecular formula is C29H48O3. The van der Waals surface area contributed by atoms with Crippen LogP contribution in [0.3, 0.4) is 0 Å². The first-order valence-electron chi connectivity index (χ1n) is 13.8. The molecule has 9 atom stereocenters. The van der Waals surface area contributed by atoms with Gasteiger partial charge in [-0.3, -0.25) is 9.59 Å². The van der Waals surface area contributed by atoms with Gasteiger partial charge >= 0.3 is 5.97 Å². The van der Waals surface area contributed by atoms with Crippen molar-refractivity contribution >= 4 is 11.8 Å². The molecule has 0 aromatic heterocycles. The molecule has 0 unspecified atom stereocenters. The van der Waals surface area contributed by atoms with Crippen molar-refractivity contribution in [3.63, 3.8) is 0 Å². The minimum absolute atomic E-state index is 0.0768. The molecule has 3 nitrogen and oxygen atoms in total. The van der Waals surface area contributed by atoms with Gasteiger partial charge in [-0.15, -0.1) is 0 Å². The van der Waals surface area contributed by atoms with Gasteiger partial charge in [0.1, 0.15) is 11.9 Å². The van der Waals surface area contributed by atoms with Crippen LogP contribution in [-0.4, -0.2) is 17.9 Å². The minimum Gasteiger partial charge on any atom is -0.462 e. The summed E-state index contributed by atoms with van der Waals surface area (Å²) in [5.74, 6) is 4.47.